The van der Waals surface area contributed by atoms with E-state index in [0.717, 1.165) is 38.9 Å². The maximum Gasteiger partial charge on any atom is 0.353 e. The Kier molecular flexibility index (Phi) is 10.4. The van der Waals surface area contributed by atoms with E-state index in [4.69, 9.17) is 26.8 Å². The van der Waals surface area contributed by atoms with Crippen LogP contribution in [0.2, 0.25) is 0 Å². The van der Waals surface area contributed by atoms with Crippen LogP contribution in [0.5, 0.6) is 0 Å². The van der Waals surface area contributed by atoms with Gasteiger partial charge in [0.2, 0.25) is 5.91 Å². The first-order valence-electron chi connectivity index (χ1n) is 13.0. The van der Waals surface area contributed by atoms with Crippen LogP contribution in [0.4, 0.5) is 5.69 Å². The molecule has 0 saturated carbocycles. The van der Waals surface area contributed by atoms with Crippen LogP contribution in [0.1, 0.15) is 58.4 Å². The number of carbonyl (C=O) groups excluding carboxylic acids is 2. The summed E-state index contributed by atoms with van der Waals surface area (Å²) in [5.74, 6) is -0.847. The van der Waals surface area contributed by atoms with Crippen molar-refractivity contribution in [3.8, 4) is 0 Å². The van der Waals surface area contributed by atoms with E-state index in [2.05, 4.69) is 20.8 Å². The molecule has 204 valence electrons. The van der Waals surface area contributed by atoms with Gasteiger partial charge in [0.25, 0.3) is 5.69 Å². The Balaban J connectivity index is 1.80. The topological polar surface area (TPSA) is 108 Å². The summed E-state index contributed by atoms with van der Waals surface area (Å²) in [6, 6.07) is 5.78. The first-order valence-corrected chi connectivity index (χ1v) is 13.4. The number of non-ortho nitro benzene ring substituents is 1. The van der Waals surface area contributed by atoms with Crippen molar-refractivity contribution in [3.63, 3.8) is 0 Å². The zero-order chi connectivity index (χ0) is 27.0. The third-order valence-electron chi connectivity index (χ3n) is 7.43. The van der Waals surface area contributed by atoms with Gasteiger partial charge in [0.15, 0.2) is 12.5 Å². The Hall–Kier alpha value is -2.60. The van der Waals surface area contributed by atoms with E-state index in [1.807, 2.05) is 0 Å². The number of β-lactam (4-membered cyclic amide) rings is 1. The van der Waals surface area contributed by atoms with Crippen LogP contribution in [0.25, 0.3) is 0 Å². The van der Waals surface area contributed by atoms with Crippen molar-refractivity contribution >= 4 is 30.2 Å². The lowest BCUT2D eigenvalue weighted by Gasteiger charge is -2.53. The number of carbonyl (C=O) groups is 2. The Morgan fingerprint density at radius 2 is 1.86 bits per heavy atom. The van der Waals surface area contributed by atoms with Crippen LogP contribution in [-0.2, 0) is 43.0 Å². The van der Waals surface area contributed by atoms with Gasteiger partial charge >= 0.3 is 5.97 Å². The molecule has 1 aromatic carbocycles. The first-order chi connectivity index (χ1) is 17.8. The van der Waals surface area contributed by atoms with E-state index in [1.165, 1.54) is 29.2 Å². The summed E-state index contributed by atoms with van der Waals surface area (Å²) in [5.41, 5.74) is 0.630. The Morgan fingerprint density at radius 1 is 1.19 bits per heavy atom. The summed E-state index contributed by atoms with van der Waals surface area (Å²) in [6.07, 6.45) is 3.00. The van der Waals surface area contributed by atoms with Gasteiger partial charge in [0, 0.05) is 18.7 Å². The molecular formula is C26H37N3O7S. The molecule has 1 aromatic rings. The Morgan fingerprint density at radius 3 is 2.41 bits per heavy atom. The molecule has 2 atom stereocenters. The first kappa shape index (κ1) is 29.0. The van der Waals surface area contributed by atoms with Crippen molar-refractivity contribution in [2.45, 2.75) is 71.9 Å². The van der Waals surface area contributed by atoms with Gasteiger partial charge in [-0.05, 0) is 64.2 Å². The lowest BCUT2D eigenvalue weighted by Crippen LogP contribution is -2.70. The highest BCUT2D eigenvalue weighted by molar-refractivity contribution is 7.63. The second kappa shape index (κ2) is 13.3. The van der Waals surface area contributed by atoms with E-state index in [1.54, 1.807) is 0 Å². The second-order valence-corrected chi connectivity index (χ2v) is 9.80. The molecule has 37 heavy (non-hydrogen) atoms. The summed E-state index contributed by atoms with van der Waals surface area (Å²) in [4.78, 5) is 38.5. The minimum atomic E-state index is -0.684. The van der Waals surface area contributed by atoms with Gasteiger partial charge in [0.1, 0.15) is 18.7 Å². The molecular weight excluding hydrogens is 498 g/mol. The fourth-order valence-electron chi connectivity index (χ4n) is 4.94. The second-order valence-electron chi connectivity index (χ2n) is 9.30. The van der Waals surface area contributed by atoms with Gasteiger partial charge < -0.3 is 31.3 Å². The number of nitro groups is 1. The van der Waals surface area contributed by atoms with E-state index in [9.17, 15) is 19.7 Å². The molecule has 2 aliphatic heterocycles. The number of amides is 1. The van der Waals surface area contributed by atoms with E-state index < -0.39 is 10.9 Å². The zero-order valence-electron chi connectivity index (χ0n) is 21.8. The number of quaternary nitrogens is 1. The van der Waals surface area contributed by atoms with Gasteiger partial charge in [-0.15, -0.1) is 0 Å². The summed E-state index contributed by atoms with van der Waals surface area (Å²) >= 11 is 5.67. The molecule has 3 rings (SSSR count). The van der Waals surface area contributed by atoms with Crippen LogP contribution in [-0.4, -0.2) is 71.5 Å². The Labute approximate surface area is 223 Å². The van der Waals surface area contributed by atoms with Crippen LogP contribution in [0.15, 0.2) is 34.9 Å². The number of nitro benzene ring substituents is 1. The zero-order valence-corrected chi connectivity index (χ0v) is 22.7. The van der Waals surface area contributed by atoms with Crippen molar-refractivity contribution < 1.29 is 33.2 Å². The predicted molar refractivity (Wildman–Crippen MR) is 139 cm³/mol. The standard InChI is InChI=1S/C26H37N3O7S/c1-4-29(5-2,6-3)22-17-23(30)27(22)25(21(37)14-16-35-24-9-7-8-15-34-24)26(31)36-18-19-10-12-20(13-11-19)28(32)33/h10-13,22,24H,4-9,14-18H2,1-3H3. The van der Waals surface area contributed by atoms with Crippen LogP contribution in [0, 0.1) is 10.1 Å². The number of rotatable bonds is 13. The van der Waals surface area contributed by atoms with Gasteiger partial charge in [-0.25, -0.2) is 4.79 Å². The predicted octanol–water partition coefficient (Wildman–Crippen LogP) is 3.76. The highest BCUT2D eigenvalue weighted by atomic mass is 32.1. The molecule has 0 N–H and O–H groups in total. The molecule has 11 heteroatoms. The molecule has 1 amide bonds. The molecule has 0 spiro atoms. The van der Waals surface area contributed by atoms with Crippen molar-refractivity contribution in [1.82, 2.24) is 4.90 Å². The summed E-state index contributed by atoms with van der Waals surface area (Å²) in [5, 5.41) is 10.9. The number of hydrogen-bond acceptors (Lipinski definition) is 8. The highest BCUT2D eigenvalue weighted by Gasteiger charge is 2.51. The molecule has 0 aromatic heterocycles. The lowest BCUT2D eigenvalue weighted by molar-refractivity contribution is -0.958. The third-order valence-corrected chi connectivity index (χ3v) is 7.83. The smallest absolute Gasteiger partial charge is 0.353 e. The number of likely N-dealkylation sites (tertiary alicyclic amines) is 1. The summed E-state index contributed by atoms with van der Waals surface area (Å²) in [7, 11) is 0. The molecule has 2 saturated heterocycles. The molecule has 0 bridgehead atoms. The number of nitrogens with zero attached hydrogens (tertiary/aromatic N) is 3. The van der Waals surface area contributed by atoms with Crippen LogP contribution in [0.3, 0.4) is 0 Å². The van der Waals surface area contributed by atoms with E-state index >= 15 is 0 Å². The van der Waals surface area contributed by atoms with E-state index in [-0.39, 0.29) is 49.4 Å². The molecule has 0 radical (unpaired) electrons. The minimum absolute atomic E-state index is 0.0488. The van der Waals surface area contributed by atoms with Gasteiger partial charge in [-0.3, -0.25) is 19.8 Å². The summed E-state index contributed by atoms with van der Waals surface area (Å²) < 4.78 is 17.7. The SMILES string of the molecule is CC[N+](CC)(CC)C1CC(=O)N1C(C(=O)OCc1ccc([N+](=O)[O-])cc1)=C([S-])CCOC1CCCCO1. The third kappa shape index (κ3) is 6.84. The maximum absolute atomic E-state index is 13.4. The number of hydrogen-bond donors (Lipinski definition) is 0. The van der Waals surface area contributed by atoms with Crippen molar-refractivity contribution in [3.05, 3.63) is 50.5 Å². The average molecular weight is 536 g/mol. The van der Waals surface area contributed by atoms with Crippen molar-refractivity contribution in [2.24, 2.45) is 0 Å². The van der Waals surface area contributed by atoms with Crippen molar-refractivity contribution in [2.75, 3.05) is 32.8 Å². The fraction of sp³-hybridized carbons (Fsp3) is 0.615. The lowest BCUT2D eigenvalue weighted by atomic mass is 10.0. The monoisotopic (exact) mass is 535 g/mol. The normalized spacial score (nSPS) is 20.7. The van der Waals surface area contributed by atoms with Crippen molar-refractivity contribution in [1.29, 1.82) is 0 Å². The average Bonchev–Trinajstić information content (AvgIpc) is 2.91. The van der Waals surface area contributed by atoms with Gasteiger partial charge in [-0.2, -0.15) is 4.91 Å². The number of esters is 1. The Bertz CT molecular complexity index is 980. The summed E-state index contributed by atoms with van der Waals surface area (Å²) in [6.45, 7) is 9.49. The van der Waals surface area contributed by atoms with Crippen LogP contribution >= 0.6 is 0 Å². The minimum Gasteiger partial charge on any atom is -0.782 e. The van der Waals surface area contributed by atoms with Gasteiger partial charge in [0.05, 0.1) is 31.2 Å². The van der Waals surface area contributed by atoms with Gasteiger partial charge in [-0.1, -0.05) is 0 Å². The highest BCUT2D eigenvalue weighted by Crippen LogP contribution is 2.35. The van der Waals surface area contributed by atoms with Crippen LogP contribution < -0.4 is 0 Å². The quantitative estimate of drug-likeness (QED) is 0.0715. The molecule has 2 unspecified atom stereocenters. The molecule has 10 nitrogen and oxygen atoms in total. The number of ether oxygens (including phenoxy) is 3. The largest absolute Gasteiger partial charge is 0.782 e. The molecule has 2 fully saturated rings. The fourth-order valence-corrected chi connectivity index (χ4v) is 5.20. The molecule has 0 aliphatic carbocycles. The van der Waals surface area contributed by atoms with E-state index in [0.29, 0.717) is 28.0 Å². The molecule has 2 aliphatic rings. The number of benzene rings is 1. The maximum atomic E-state index is 13.4. The molecule has 2 heterocycles.